The van der Waals surface area contributed by atoms with Crippen LogP contribution in [-0.2, 0) is 10.9 Å². The van der Waals surface area contributed by atoms with Crippen LogP contribution in [0, 0.1) is 5.92 Å². The van der Waals surface area contributed by atoms with Gasteiger partial charge >= 0.3 is 6.18 Å². The van der Waals surface area contributed by atoms with Crippen molar-refractivity contribution in [3.63, 3.8) is 0 Å². The van der Waals surface area contributed by atoms with Gasteiger partial charge in [-0.2, -0.15) is 13.2 Å². The molecule has 1 aromatic carbocycles. The predicted octanol–water partition coefficient (Wildman–Crippen LogP) is 4.03. The minimum Gasteiger partial charge on any atom is -0.380 e. The SMILES string of the molecule is CC(C)COCCNC(C)c1ccc(C(F)(F)F)cc1. The fourth-order valence-electron chi connectivity index (χ4n) is 1.75. The molecule has 114 valence electrons. The molecule has 0 saturated heterocycles. The summed E-state index contributed by atoms with van der Waals surface area (Å²) in [5.74, 6) is 0.502. The maximum absolute atomic E-state index is 12.4. The van der Waals surface area contributed by atoms with Crippen molar-refractivity contribution in [1.29, 1.82) is 0 Å². The molecular weight excluding hydrogens is 267 g/mol. The van der Waals surface area contributed by atoms with Crippen LogP contribution < -0.4 is 5.32 Å². The second-order valence-electron chi connectivity index (χ2n) is 5.26. The highest BCUT2D eigenvalue weighted by Crippen LogP contribution is 2.29. The van der Waals surface area contributed by atoms with Crippen molar-refractivity contribution in [1.82, 2.24) is 5.32 Å². The average molecular weight is 289 g/mol. The third-order valence-corrected chi connectivity index (χ3v) is 2.89. The van der Waals surface area contributed by atoms with E-state index in [-0.39, 0.29) is 6.04 Å². The van der Waals surface area contributed by atoms with Gasteiger partial charge in [0.05, 0.1) is 12.2 Å². The summed E-state index contributed by atoms with van der Waals surface area (Å²) in [7, 11) is 0. The Morgan fingerprint density at radius 2 is 1.70 bits per heavy atom. The predicted molar refractivity (Wildman–Crippen MR) is 73.5 cm³/mol. The lowest BCUT2D eigenvalue weighted by Crippen LogP contribution is -2.24. The van der Waals surface area contributed by atoms with Crippen LogP contribution in [0.4, 0.5) is 13.2 Å². The van der Waals surface area contributed by atoms with Gasteiger partial charge in [-0.25, -0.2) is 0 Å². The summed E-state index contributed by atoms with van der Waals surface area (Å²) >= 11 is 0. The molecule has 0 radical (unpaired) electrons. The molecule has 0 aliphatic rings. The van der Waals surface area contributed by atoms with Crippen molar-refractivity contribution in [2.24, 2.45) is 5.92 Å². The van der Waals surface area contributed by atoms with E-state index in [9.17, 15) is 13.2 Å². The first-order valence-corrected chi connectivity index (χ1v) is 6.79. The smallest absolute Gasteiger partial charge is 0.380 e. The van der Waals surface area contributed by atoms with Crippen LogP contribution in [0.2, 0.25) is 0 Å². The van der Waals surface area contributed by atoms with Crippen molar-refractivity contribution in [2.45, 2.75) is 33.0 Å². The van der Waals surface area contributed by atoms with Gasteiger partial charge in [-0.05, 0) is 30.5 Å². The second kappa shape index (κ2) is 7.64. The summed E-state index contributed by atoms with van der Waals surface area (Å²) in [6, 6.07) is 5.25. The molecule has 0 heterocycles. The minimum atomic E-state index is -4.28. The zero-order valence-corrected chi connectivity index (χ0v) is 12.1. The number of nitrogens with one attached hydrogen (secondary N) is 1. The fourth-order valence-corrected chi connectivity index (χ4v) is 1.75. The van der Waals surface area contributed by atoms with E-state index in [1.165, 1.54) is 12.1 Å². The maximum atomic E-state index is 12.4. The van der Waals surface area contributed by atoms with Gasteiger partial charge in [-0.15, -0.1) is 0 Å². The summed E-state index contributed by atoms with van der Waals surface area (Å²) in [5, 5.41) is 3.22. The highest BCUT2D eigenvalue weighted by Gasteiger charge is 2.30. The van der Waals surface area contributed by atoms with Crippen molar-refractivity contribution < 1.29 is 17.9 Å². The van der Waals surface area contributed by atoms with Gasteiger partial charge in [-0.3, -0.25) is 0 Å². The van der Waals surface area contributed by atoms with Crippen molar-refractivity contribution >= 4 is 0 Å². The Kier molecular flexibility index (Phi) is 6.49. The number of alkyl halides is 3. The van der Waals surface area contributed by atoms with Crippen LogP contribution in [0.3, 0.4) is 0 Å². The lowest BCUT2D eigenvalue weighted by molar-refractivity contribution is -0.137. The summed E-state index contributed by atoms with van der Waals surface area (Å²) in [5.41, 5.74) is 0.218. The van der Waals surface area contributed by atoms with E-state index < -0.39 is 11.7 Å². The molecule has 0 aromatic heterocycles. The second-order valence-corrected chi connectivity index (χ2v) is 5.26. The molecule has 2 nitrogen and oxygen atoms in total. The highest BCUT2D eigenvalue weighted by molar-refractivity contribution is 5.26. The van der Waals surface area contributed by atoms with E-state index in [0.29, 0.717) is 19.1 Å². The van der Waals surface area contributed by atoms with Crippen molar-refractivity contribution in [3.8, 4) is 0 Å². The molecule has 1 atom stereocenters. The Hall–Kier alpha value is -1.07. The van der Waals surface area contributed by atoms with Gasteiger partial charge in [0.1, 0.15) is 0 Å². The average Bonchev–Trinajstić information content (AvgIpc) is 2.37. The number of hydrogen-bond donors (Lipinski definition) is 1. The molecule has 1 N–H and O–H groups in total. The van der Waals surface area contributed by atoms with Crippen LogP contribution in [0.15, 0.2) is 24.3 Å². The van der Waals surface area contributed by atoms with E-state index in [4.69, 9.17) is 4.74 Å². The Bertz CT molecular complexity index is 387. The molecule has 0 bridgehead atoms. The minimum absolute atomic E-state index is 0.0000614. The first kappa shape index (κ1) is 17.0. The molecule has 20 heavy (non-hydrogen) atoms. The number of ether oxygens (including phenoxy) is 1. The van der Waals surface area contributed by atoms with Gasteiger partial charge < -0.3 is 10.1 Å². The molecule has 0 aliphatic heterocycles. The quantitative estimate of drug-likeness (QED) is 0.765. The molecule has 0 aliphatic carbocycles. The normalized spacial score (nSPS) is 13.8. The monoisotopic (exact) mass is 289 g/mol. The summed E-state index contributed by atoms with van der Waals surface area (Å²) in [6.45, 7) is 8.08. The third kappa shape index (κ3) is 5.92. The Labute approximate surface area is 118 Å². The Balaban J connectivity index is 2.38. The first-order valence-electron chi connectivity index (χ1n) is 6.79. The molecule has 0 amide bonds. The maximum Gasteiger partial charge on any atom is 0.416 e. The van der Waals surface area contributed by atoms with Crippen LogP contribution in [-0.4, -0.2) is 19.8 Å². The van der Waals surface area contributed by atoms with E-state index in [1.807, 2.05) is 6.92 Å². The Morgan fingerprint density at radius 1 is 1.10 bits per heavy atom. The van der Waals surface area contributed by atoms with Gasteiger partial charge in [-0.1, -0.05) is 26.0 Å². The number of benzene rings is 1. The molecule has 0 spiro atoms. The summed E-state index contributed by atoms with van der Waals surface area (Å²) < 4.78 is 42.8. The van der Waals surface area contributed by atoms with Crippen molar-refractivity contribution in [2.75, 3.05) is 19.8 Å². The zero-order valence-electron chi connectivity index (χ0n) is 12.1. The molecule has 1 unspecified atom stereocenters. The molecule has 5 heteroatoms. The van der Waals surface area contributed by atoms with Crippen LogP contribution in [0.5, 0.6) is 0 Å². The topological polar surface area (TPSA) is 21.3 Å². The highest BCUT2D eigenvalue weighted by atomic mass is 19.4. The number of halogens is 3. The number of rotatable bonds is 7. The largest absolute Gasteiger partial charge is 0.416 e. The summed E-state index contributed by atoms with van der Waals surface area (Å²) in [6.07, 6.45) is -4.28. The standard InChI is InChI=1S/C15H22F3NO/c1-11(2)10-20-9-8-19-12(3)13-4-6-14(7-5-13)15(16,17)18/h4-7,11-12,19H,8-10H2,1-3H3. The first-order chi connectivity index (χ1) is 9.30. The Morgan fingerprint density at radius 3 is 2.20 bits per heavy atom. The van der Waals surface area contributed by atoms with Crippen LogP contribution in [0.1, 0.15) is 37.9 Å². The van der Waals surface area contributed by atoms with Crippen molar-refractivity contribution in [3.05, 3.63) is 35.4 Å². The van der Waals surface area contributed by atoms with Gasteiger partial charge in [0, 0.05) is 19.2 Å². The lowest BCUT2D eigenvalue weighted by Gasteiger charge is -2.16. The van der Waals surface area contributed by atoms with Gasteiger partial charge in [0.15, 0.2) is 0 Å². The van der Waals surface area contributed by atoms with E-state index in [2.05, 4.69) is 19.2 Å². The third-order valence-electron chi connectivity index (χ3n) is 2.89. The molecule has 0 saturated carbocycles. The van der Waals surface area contributed by atoms with Crippen LogP contribution in [0.25, 0.3) is 0 Å². The van der Waals surface area contributed by atoms with E-state index in [1.54, 1.807) is 0 Å². The van der Waals surface area contributed by atoms with Crippen LogP contribution >= 0.6 is 0 Å². The molecule has 0 fully saturated rings. The number of hydrogen-bond acceptors (Lipinski definition) is 2. The molecule has 1 aromatic rings. The van der Waals surface area contributed by atoms with E-state index in [0.717, 1.165) is 24.3 Å². The molecular formula is C15H22F3NO. The molecule has 1 rings (SSSR count). The zero-order chi connectivity index (χ0) is 15.2. The van der Waals surface area contributed by atoms with E-state index >= 15 is 0 Å². The van der Waals surface area contributed by atoms with Gasteiger partial charge in [0.25, 0.3) is 0 Å². The lowest BCUT2D eigenvalue weighted by atomic mass is 10.1. The van der Waals surface area contributed by atoms with Gasteiger partial charge in [0.2, 0.25) is 0 Å². The summed E-state index contributed by atoms with van der Waals surface area (Å²) in [4.78, 5) is 0. The fraction of sp³-hybridized carbons (Fsp3) is 0.600.